The number of nitriles is 1. The molecule has 0 atom stereocenters. The Balaban J connectivity index is 2.00. The summed E-state index contributed by atoms with van der Waals surface area (Å²) in [6, 6.07) is 14.1. The van der Waals surface area contributed by atoms with Crippen LogP contribution in [0.15, 0.2) is 36.4 Å². The molecule has 0 aliphatic carbocycles. The van der Waals surface area contributed by atoms with E-state index in [4.69, 9.17) is 10.00 Å². The van der Waals surface area contributed by atoms with E-state index in [9.17, 15) is 0 Å². The molecule has 0 radical (unpaired) electrons. The van der Waals surface area contributed by atoms with E-state index in [1.54, 1.807) is 6.07 Å². The summed E-state index contributed by atoms with van der Waals surface area (Å²) in [5, 5.41) is 9.06. The van der Waals surface area contributed by atoms with Gasteiger partial charge in [-0.25, -0.2) is 4.98 Å². The average molecular weight is 280 g/mol. The number of aromatic nitrogens is 1. The summed E-state index contributed by atoms with van der Waals surface area (Å²) in [4.78, 5) is 4.27. The average Bonchev–Trinajstić information content (AvgIpc) is 2.52. The van der Waals surface area contributed by atoms with Gasteiger partial charge in [0.1, 0.15) is 18.2 Å². The lowest BCUT2D eigenvalue weighted by Gasteiger charge is -2.08. The van der Waals surface area contributed by atoms with Gasteiger partial charge in [0.2, 0.25) is 5.88 Å². The second-order valence-electron chi connectivity index (χ2n) is 5.13. The number of pyridine rings is 1. The first-order valence-corrected chi connectivity index (χ1v) is 7.31. The molecular weight excluding hydrogens is 260 g/mol. The fraction of sp³-hybridized carbons (Fsp3) is 0.333. The molecule has 0 aliphatic heterocycles. The van der Waals surface area contributed by atoms with Crippen LogP contribution in [0, 0.1) is 18.3 Å². The fourth-order valence-electron chi connectivity index (χ4n) is 2.06. The van der Waals surface area contributed by atoms with Gasteiger partial charge in [-0.3, -0.25) is 0 Å². The van der Waals surface area contributed by atoms with Crippen molar-refractivity contribution in [3.8, 4) is 11.9 Å². The standard InChI is InChI=1S/C18H20N2O/c1-3-4-5-15-7-9-16(10-8-15)13-21-18-17(12-19)11-6-14(2)20-18/h6-11H,3-5,13H2,1-2H3. The predicted molar refractivity (Wildman–Crippen MR) is 83.1 cm³/mol. The van der Waals surface area contributed by atoms with E-state index >= 15 is 0 Å². The Bertz CT molecular complexity index is 627. The molecule has 2 rings (SSSR count). The third-order valence-corrected chi connectivity index (χ3v) is 3.34. The first-order chi connectivity index (χ1) is 10.2. The lowest BCUT2D eigenvalue weighted by atomic mass is 10.1. The SMILES string of the molecule is CCCCc1ccc(COc2nc(C)ccc2C#N)cc1. The minimum Gasteiger partial charge on any atom is -0.472 e. The summed E-state index contributed by atoms with van der Waals surface area (Å²) in [5.41, 5.74) is 3.76. The molecule has 0 spiro atoms. The van der Waals surface area contributed by atoms with Crippen molar-refractivity contribution in [1.29, 1.82) is 5.26 Å². The molecule has 0 N–H and O–H groups in total. The summed E-state index contributed by atoms with van der Waals surface area (Å²) < 4.78 is 5.68. The summed E-state index contributed by atoms with van der Waals surface area (Å²) in [6.07, 6.45) is 3.55. The maximum atomic E-state index is 9.06. The normalized spacial score (nSPS) is 10.1. The molecule has 108 valence electrons. The largest absolute Gasteiger partial charge is 0.472 e. The number of benzene rings is 1. The quantitative estimate of drug-likeness (QED) is 0.797. The van der Waals surface area contributed by atoms with Crippen molar-refractivity contribution in [2.75, 3.05) is 0 Å². The molecule has 0 fully saturated rings. The smallest absolute Gasteiger partial charge is 0.232 e. The van der Waals surface area contributed by atoms with Crippen LogP contribution in [0.5, 0.6) is 5.88 Å². The lowest BCUT2D eigenvalue weighted by Crippen LogP contribution is -2.00. The van der Waals surface area contributed by atoms with Gasteiger partial charge in [0.15, 0.2) is 0 Å². The highest BCUT2D eigenvalue weighted by molar-refractivity contribution is 5.38. The number of hydrogen-bond donors (Lipinski definition) is 0. The van der Waals surface area contributed by atoms with Crippen LogP contribution in [0.1, 0.15) is 42.1 Å². The molecule has 0 saturated carbocycles. The molecule has 0 aliphatic rings. The zero-order chi connectivity index (χ0) is 15.1. The van der Waals surface area contributed by atoms with E-state index in [1.807, 2.05) is 13.0 Å². The lowest BCUT2D eigenvalue weighted by molar-refractivity contribution is 0.292. The number of unbranched alkanes of at least 4 members (excludes halogenated alkanes) is 1. The minimum atomic E-state index is 0.410. The number of rotatable bonds is 6. The number of ether oxygens (including phenoxy) is 1. The van der Waals surface area contributed by atoms with Crippen LogP contribution in [-0.4, -0.2) is 4.98 Å². The van der Waals surface area contributed by atoms with Crippen LogP contribution in [-0.2, 0) is 13.0 Å². The maximum absolute atomic E-state index is 9.06. The topological polar surface area (TPSA) is 45.9 Å². The zero-order valence-corrected chi connectivity index (χ0v) is 12.6. The van der Waals surface area contributed by atoms with Crippen molar-refractivity contribution >= 4 is 0 Å². The third-order valence-electron chi connectivity index (χ3n) is 3.34. The zero-order valence-electron chi connectivity index (χ0n) is 12.6. The van der Waals surface area contributed by atoms with Gasteiger partial charge in [-0.2, -0.15) is 5.26 Å². The Hall–Kier alpha value is -2.34. The molecule has 3 heteroatoms. The fourth-order valence-corrected chi connectivity index (χ4v) is 2.06. The second kappa shape index (κ2) is 7.44. The van der Waals surface area contributed by atoms with Crippen LogP contribution in [0.25, 0.3) is 0 Å². The molecule has 0 unspecified atom stereocenters. The van der Waals surface area contributed by atoms with Gasteiger partial charge in [-0.05, 0) is 43.0 Å². The monoisotopic (exact) mass is 280 g/mol. The first kappa shape index (κ1) is 15.1. The van der Waals surface area contributed by atoms with Gasteiger partial charge in [-0.1, -0.05) is 37.6 Å². The Kier molecular flexibility index (Phi) is 5.34. The van der Waals surface area contributed by atoms with Crippen LogP contribution in [0.2, 0.25) is 0 Å². The van der Waals surface area contributed by atoms with Crippen LogP contribution < -0.4 is 4.74 Å². The molecule has 2 aromatic rings. The van der Waals surface area contributed by atoms with E-state index in [2.05, 4.69) is 42.2 Å². The van der Waals surface area contributed by atoms with Gasteiger partial charge in [0, 0.05) is 5.69 Å². The first-order valence-electron chi connectivity index (χ1n) is 7.31. The summed E-state index contributed by atoms with van der Waals surface area (Å²) in [5.74, 6) is 0.410. The number of hydrogen-bond acceptors (Lipinski definition) is 3. The summed E-state index contributed by atoms with van der Waals surface area (Å²) in [6.45, 7) is 4.51. The van der Waals surface area contributed by atoms with Gasteiger partial charge in [0.25, 0.3) is 0 Å². The Morgan fingerprint density at radius 1 is 1.10 bits per heavy atom. The van der Waals surface area contributed by atoms with Crippen LogP contribution >= 0.6 is 0 Å². The highest BCUT2D eigenvalue weighted by atomic mass is 16.5. The number of nitrogens with zero attached hydrogens (tertiary/aromatic N) is 2. The minimum absolute atomic E-state index is 0.410. The van der Waals surface area contributed by atoms with Crippen LogP contribution in [0.4, 0.5) is 0 Å². The van der Waals surface area contributed by atoms with Gasteiger partial charge < -0.3 is 4.74 Å². The Morgan fingerprint density at radius 3 is 2.48 bits per heavy atom. The van der Waals surface area contributed by atoms with Gasteiger partial charge in [-0.15, -0.1) is 0 Å². The molecule has 1 heterocycles. The van der Waals surface area contributed by atoms with Crippen molar-refractivity contribution < 1.29 is 4.74 Å². The van der Waals surface area contributed by atoms with Crippen molar-refractivity contribution in [2.45, 2.75) is 39.7 Å². The Labute approximate surface area is 126 Å². The third kappa shape index (κ3) is 4.32. The highest BCUT2D eigenvalue weighted by Gasteiger charge is 2.05. The highest BCUT2D eigenvalue weighted by Crippen LogP contribution is 2.17. The van der Waals surface area contributed by atoms with E-state index in [0.29, 0.717) is 18.1 Å². The molecular formula is C18H20N2O. The van der Waals surface area contributed by atoms with Crippen molar-refractivity contribution in [1.82, 2.24) is 4.98 Å². The van der Waals surface area contributed by atoms with Crippen molar-refractivity contribution in [2.24, 2.45) is 0 Å². The van der Waals surface area contributed by atoms with Crippen molar-refractivity contribution in [3.63, 3.8) is 0 Å². The van der Waals surface area contributed by atoms with Crippen LogP contribution in [0.3, 0.4) is 0 Å². The second-order valence-corrected chi connectivity index (χ2v) is 5.13. The van der Waals surface area contributed by atoms with E-state index in [-0.39, 0.29) is 0 Å². The summed E-state index contributed by atoms with van der Waals surface area (Å²) >= 11 is 0. The van der Waals surface area contributed by atoms with Gasteiger partial charge >= 0.3 is 0 Å². The molecule has 3 nitrogen and oxygen atoms in total. The molecule has 21 heavy (non-hydrogen) atoms. The van der Waals surface area contributed by atoms with E-state index in [1.165, 1.54) is 18.4 Å². The van der Waals surface area contributed by atoms with E-state index in [0.717, 1.165) is 17.7 Å². The molecule has 1 aromatic carbocycles. The van der Waals surface area contributed by atoms with E-state index < -0.39 is 0 Å². The predicted octanol–water partition coefficient (Wildman–Crippen LogP) is 4.18. The Morgan fingerprint density at radius 2 is 1.81 bits per heavy atom. The maximum Gasteiger partial charge on any atom is 0.232 e. The molecule has 0 saturated heterocycles. The molecule has 0 amide bonds. The summed E-state index contributed by atoms with van der Waals surface area (Å²) in [7, 11) is 0. The van der Waals surface area contributed by atoms with Crippen molar-refractivity contribution in [3.05, 3.63) is 58.8 Å². The molecule has 1 aromatic heterocycles. The number of aryl methyl sites for hydroxylation is 2. The molecule has 0 bridgehead atoms. The van der Waals surface area contributed by atoms with Gasteiger partial charge in [0.05, 0.1) is 0 Å².